The summed E-state index contributed by atoms with van der Waals surface area (Å²) >= 11 is 0. The van der Waals surface area contributed by atoms with Crippen LogP contribution in [0.4, 0.5) is 0 Å². The molecule has 0 aliphatic carbocycles. The predicted molar refractivity (Wildman–Crippen MR) is 94.9 cm³/mol. The monoisotopic (exact) mass is 674 g/mol. The molecule has 0 aromatic carbocycles. The molecule has 10 bridgehead atoms. The van der Waals surface area contributed by atoms with Gasteiger partial charge >= 0.3 is 89.0 Å². The Morgan fingerprint density at radius 3 is 0.471 bits per heavy atom. The van der Waals surface area contributed by atoms with E-state index in [-0.39, 0.29) is 0 Å². The highest BCUT2D eigenvalue weighted by Crippen LogP contribution is 2.46. The van der Waals surface area contributed by atoms with Gasteiger partial charge in [0.15, 0.2) is 0 Å². The van der Waals surface area contributed by atoms with E-state index in [0.717, 1.165) is 0 Å². The zero-order valence-corrected chi connectivity index (χ0v) is 25.2. The lowest BCUT2D eigenvalue weighted by molar-refractivity contribution is -0.101. The molecule has 34 heavy (non-hydrogen) atoms. The van der Waals surface area contributed by atoms with E-state index >= 15 is 0 Å². The maximum Gasteiger partial charge on any atom is 0.659 e. The minimum absolute atomic E-state index is 4.74. The van der Waals surface area contributed by atoms with Gasteiger partial charge in [-0.05, 0) is 0 Å². The molecule has 0 radical (unpaired) electrons. The van der Waals surface area contributed by atoms with Gasteiger partial charge in [-0.25, -0.2) is 0 Å². The van der Waals surface area contributed by atoms with Crippen LogP contribution in [-0.4, -0.2) is 137 Å². The summed E-state index contributed by atoms with van der Waals surface area (Å²) in [6.07, 6.45) is 0. The molecular formula is H10O24Si10. The van der Waals surface area contributed by atoms with Crippen LogP contribution in [-0.2, 0) is 57.6 Å². The van der Waals surface area contributed by atoms with Crippen LogP contribution in [0.5, 0.6) is 0 Å². The lowest BCUT2D eigenvalue weighted by Crippen LogP contribution is -2.83. The van der Waals surface area contributed by atoms with Crippen molar-refractivity contribution in [1.82, 2.24) is 0 Å². The summed E-state index contributed by atoms with van der Waals surface area (Å²) in [4.78, 5) is 109. The molecular weight excluding hydrogens is 665 g/mol. The molecule has 6 aliphatic rings. The predicted octanol–water partition coefficient (Wildman–Crippen LogP) is -10.3. The molecule has 8 unspecified atom stereocenters. The average Bonchev–Trinajstić information content (AvgIpc) is 2.46. The first-order valence-electron chi connectivity index (χ1n) is 8.20. The van der Waals surface area contributed by atoms with Crippen LogP contribution in [0.2, 0.25) is 0 Å². The Bertz CT molecular complexity index is 881. The van der Waals surface area contributed by atoms with E-state index in [2.05, 4.69) is 0 Å². The van der Waals surface area contributed by atoms with Crippen LogP contribution in [0.3, 0.4) is 0 Å². The summed E-state index contributed by atoms with van der Waals surface area (Å²) in [5, 5.41) is 0. The number of hydrogen-bond donors (Lipinski definition) is 10. The van der Waals surface area contributed by atoms with E-state index in [0.29, 0.717) is 0 Å². The van der Waals surface area contributed by atoms with Crippen molar-refractivity contribution in [2.24, 2.45) is 0 Å². The summed E-state index contributed by atoms with van der Waals surface area (Å²) < 4.78 is 67.0. The molecule has 34 heteroatoms. The van der Waals surface area contributed by atoms with E-state index in [4.69, 9.17) is 57.6 Å². The first-order chi connectivity index (χ1) is 15.1. The van der Waals surface area contributed by atoms with Gasteiger partial charge in [-0.3, -0.25) is 0 Å². The molecule has 0 amide bonds. The number of hydrogen-bond acceptors (Lipinski definition) is 24. The number of rotatable bonds is 0. The molecule has 8 atom stereocenters. The van der Waals surface area contributed by atoms with Gasteiger partial charge in [-0.2, -0.15) is 0 Å². The molecule has 24 nitrogen and oxygen atoms in total. The van der Waals surface area contributed by atoms with Crippen molar-refractivity contribution in [2.75, 3.05) is 0 Å². The molecule has 6 heterocycles. The molecule has 6 aliphatic heterocycles. The Hall–Kier alpha value is 1.21. The second kappa shape index (κ2) is 6.67. The fourth-order valence-electron chi connectivity index (χ4n) is 3.13. The van der Waals surface area contributed by atoms with Gasteiger partial charge in [0.2, 0.25) is 0 Å². The Labute approximate surface area is 194 Å². The molecule has 194 valence electrons. The molecule has 0 spiro atoms. The zero-order valence-electron chi connectivity index (χ0n) is 15.2. The van der Waals surface area contributed by atoms with Gasteiger partial charge in [0, 0.05) is 0 Å². The van der Waals surface area contributed by atoms with E-state index in [9.17, 15) is 48.0 Å². The van der Waals surface area contributed by atoms with Gasteiger partial charge in [-0.15, -0.1) is 0 Å². The summed E-state index contributed by atoms with van der Waals surface area (Å²) in [6.45, 7) is 0. The van der Waals surface area contributed by atoms with Crippen LogP contribution in [0.1, 0.15) is 0 Å². The highest BCUT2D eigenvalue weighted by molar-refractivity contribution is 7.31. The highest BCUT2D eigenvalue weighted by atomic mass is 29.3. The van der Waals surface area contributed by atoms with Gasteiger partial charge in [0.25, 0.3) is 0 Å². The summed E-state index contributed by atoms with van der Waals surface area (Å²) in [7, 11) is -59.6. The largest absolute Gasteiger partial charge is 0.659 e. The molecule has 0 saturated carbocycles. The van der Waals surface area contributed by atoms with Gasteiger partial charge in [0.1, 0.15) is 0 Å². The topological polar surface area (TPSA) is 332 Å². The van der Waals surface area contributed by atoms with Crippen molar-refractivity contribution >= 4 is 89.0 Å². The standard InChI is InChI=1S/H10O24Si10/c1-25-11-26(2)14-29(5)16-27(3,12-25)18-31(7)20-32(8)19-28(4,13-25)17-30(6,15-26)22-34(10,24-32)33(9,21-29)23-31/h1-10H. The van der Waals surface area contributed by atoms with Crippen molar-refractivity contribution in [3.63, 3.8) is 0 Å². The minimum Gasteiger partial charge on any atom is -0.388 e. The molecule has 10 N–H and O–H groups in total. The Kier molecular flexibility index (Phi) is 5.00. The molecule has 6 rings (SSSR count). The fraction of sp³-hybridized carbons (Fsp3) is 0. The Morgan fingerprint density at radius 1 is 0.206 bits per heavy atom. The molecule has 0 aromatic heterocycles. The minimum atomic E-state index is -6.07. The van der Waals surface area contributed by atoms with Crippen molar-refractivity contribution in [3.05, 3.63) is 0 Å². The summed E-state index contributed by atoms with van der Waals surface area (Å²) in [5.74, 6) is 0. The average molecular weight is 675 g/mol. The molecule has 0 aromatic rings. The summed E-state index contributed by atoms with van der Waals surface area (Å²) in [6, 6.07) is 0. The van der Waals surface area contributed by atoms with Crippen LogP contribution in [0, 0.1) is 0 Å². The van der Waals surface area contributed by atoms with Gasteiger partial charge in [-0.1, -0.05) is 0 Å². The van der Waals surface area contributed by atoms with Crippen LogP contribution in [0.25, 0.3) is 0 Å². The second-order valence-electron chi connectivity index (χ2n) is 6.78. The SMILES string of the molecule is O[Si]12O[Si]3(O)O[Si]4(O)O[Si](O)(O1)O[Si]1(O)O[Si]5(O)O[Si](O)(O2)O[Si](O)(O3)O[Si](O)(O5)[Si](O)(O4)O1. The maximum absolute atomic E-state index is 11.1. The van der Waals surface area contributed by atoms with Crippen molar-refractivity contribution in [2.45, 2.75) is 0 Å². The van der Waals surface area contributed by atoms with Crippen molar-refractivity contribution in [1.29, 1.82) is 0 Å². The normalized spacial score (nSPS) is 67.2. The van der Waals surface area contributed by atoms with E-state index in [1.54, 1.807) is 0 Å². The van der Waals surface area contributed by atoms with Crippen LogP contribution in [0.15, 0.2) is 0 Å². The molecule has 6 fully saturated rings. The van der Waals surface area contributed by atoms with E-state index < -0.39 is 89.0 Å². The molecule has 6 saturated heterocycles. The summed E-state index contributed by atoms with van der Waals surface area (Å²) in [5.41, 5.74) is 0. The zero-order chi connectivity index (χ0) is 24.9. The third-order valence-electron chi connectivity index (χ3n) is 4.05. The van der Waals surface area contributed by atoms with Crippen molar-refractivity contribution < 1.29 is 106 Å². The number of fused-ring (bicyclic) bond motifs is 5. The van der Waals surface area contributed by atoms with Gasteiger partial charge in [0.05, 0.1) is 0 Å². The van der Waals surface area contributed by atoms with Crippen molar-refractivity contribution in [3.8, 4) is 0 Å². The smallest absolute Gasteiger partial charge is 0.388 e. The van der Waals surface area contributed by atoms with Crippen LogP contribution < -0.4 is 0 Å². The second-order valence-corrected chi connectivity index (χ2v) is 32.7. The van der Waals surface area contributed by atoms with E-state index in [1.165, 1.54) is 0 Å². The lowest BCUT2D eigenvalue weighted by Gasteiger charge is -2.47. The first-order valence-corrected chi connectivity index (χ1v) is 26.1. The Morgan fingerprint density at radius 2 is 0.324 bits per heavy atom. The van der Waals surface area contributed by atoms with Gasteiger partial charge < -0.3 is 106 Å². The highest BCUT2D eigenvalue weighted by Gasteiger charge is 2.92. The Balaban J connectivity index is 1.71. The first kappa shape index (κ1) is 25.5. The third kappa shape index (κ3) is 3.88. The van der Waals surface area contributed by atoms with Crippen LogP contribution >= 0.6 is 0 Å². The quantitative estimate of drug-likeness (QED) is 0.107. The third-order valence-corrected chi connectivity index (χ3v) is 40.1. The fourth-order valence-corrected chi connectivity index (χ4v) is 47.2. The lowest BCUT2D eigenvalue weighted by atomic mass is 15.5. The van der Waals surface area contributed by atoms with E-state index in [1.807, 2.05) is 0 Å². The maximum atomic E-state index is 11.1.